The first-order valence-corrected chi connectivity index (χ1v) is 8.96. The van der Waals surface area contributed by atoms with E-state index in [1.807, 2.05) is 0 Å². The monoisotopic (exact) mass is 309 g/mol. The van der Waals surface area contributed by atoms with Crippen LogP contribution in [0.4, 0.5) is 16.2 Å². The second-order valence-electron chi connectivity index (χ2n) is 5.68. The van der Waals surface area contributed by atoms with Crippen molar-refractivity contribution in [3.8, 4) is 0 Å². The Balaban J connectivity index is 1.85. The molecular weight excluding hydrogens is 290 g/mol. The molecule has 0 aromatic heterocycles. The van der Waals surface area contributed by atoms with Crippen LogP contribution in [0.1, 0.15) is 25.7 Å². The lowest BCUT2D eigenvalue weighted by Gasteiger charge is -2.24. The van der Waals surface area contributed by atoms with Crippen molar-refractivity contribution in [2.24, 2.45) is 0 Å². The number of nitrogens with zero attached hydrogens (tertiary/aromatic N) is 1. The molecule has 21 heavy (non-hydrogen) atoms. The predicted octanol–water partition coefficient (Wildman–Crippen LogP) is 1.90. The van der Waals surface area contributed by atoms with Gasteiger partial charge in [-0.1, -0.05) is 12.1 Å². The highest BCUT2D eigenvalue weighted by molar-refractivity contribution is 7.92. The third kappa shape index (κ3) is 3.47. The predicted molar refractivity (Wildman–Crippen MR) is 82.0 cm³/mol. The van der Waals surface area contributed by atoms with Gasteiger partial charge in [-0.15, -0.1) is 0 Å². The molecule has 2 N–H and O–H groups in total. The Morgan fingerprint density at radius 1 is 1.19 bits per heavy atom. The number of carbonyl (C=O) groups excluding carboxylic acids is 1. The molecule has 0 spiro atoms. The van der Waals surface area contributed by atoms with Crippen LogP contribution >= 0.6 is 0 Å². The molecule has 0 heterocycles. The summed E-state index contributed by atoms with van der Waals surface area (Å²) in [7, 11) is -3.36. The van der Waals surface area contributed by atoms with Crippen LogP contribution in [0, 0.1) is 0 Å². The number of urea groups is 1. The number of anilines is 2. The summed E-state index contributed by atoms with van der Waals surface area (Å²) in [5, 5.41) is 5.59. The van der Waals surface area contributed by atoms with E-state index in [0.717, 1.165) is 25.7 Å². The van der Waals surface area contributed by atoms with Crippen molar-refractivity contribution in [3.63, 3.8) is 0 Å². The van der Waals surface area contributed by atoms with Crippen LogP contribution in [0.25, 0.3) is 0 Å². The van der Waals surface area contributed by atoms with Gasteiger partial charge in [-0.25, -0.2) is 13.2 Å². The minimum absolute atomic E-state index is 0.00874. The molecule has 0 saturated heterocycles. The third-order valence-electron chi connectivity index (χ3n) is 3.54. The summed E-state index contributed by atoms with van der Waals surface area (Å²) in [6.07, 6.45) is 4.93. The fourth-order valence-corrected chi connectivity index (χ4v) is 3.57. The second kappa shape index (κ2) is 5.22. The van der Waals surface area contributed by atoms with Crippen LogP contribution in [0.15, 0.2) is 24.3 Å². The van der Waals surface area contributed by atoms with Crippen LogP contribution in [0.5, 0.6) is 0 Å². The maximum Gasteiger partial charge on any atom is 0.319 e. The van der Waals surface area contributed by atoms with Crippen molar-refractivity contribution in [3.05, 3.63) is 24.3 Å². The highest BCUT2D eigenvalue weighted by Gasteiger charge is 2.36. The Hall–Kier alpha value is -1.76. The van der Waals surface area contributed by atoms with Gasteiger partial charge in [0.1, 0.15) is 0 Å². The summed E-state index contributed by atoms with van der Waals surface area (Å²) in [6, 6.07) is 6.99. The fraction of sp³-hybridized carbons (Fsp3) is 0.500. The van der Waals surface area contributed by atoms with E-state index in [9.17, 15) is 13.2 Å². The number of para-hydroxylation sites is 2. The molecule has 2 amide bonds. The minimum Gasteiger partial charge on any atom is -0.335 e. The number of sulfonamides is 1. The highest BCUT2D eigenvalue weighted by atomic mass is 32.2. The van der Waals surface area contributed by atoms with E-state index in [-0.39, 0.29) is 18.1 Å². The number of amides is 2. The smallest absolute Gasteiger partial charge is 0.319 e. The van der Waals surface area contributed by atoms with Crippen molar-refractivity contribution in [1.29, 1.82) is 0 Å². The molecule has 0 bridgehead atoms. The van der Waals surface area contributed by atoms with E-state index >= 15 is 0 Å². The highest BCUT2D eigenvalue weighted by Crippen LogP contribution is 2.37. The lowest BCUT2D eigenvalue weighted by molar-refractivity contribution is 0.251. The first-order chi connectivity index (χ1) is 9.95. The molecule has 0 unspecified atom stereocenters. The number of hydrogen-bond donors (Lipinski definition) is 2. The van der Waals surface area contributed by atoms with Gasteiger partial charge >= 0.3 is 6.03 Å². The molecule has 6 nitrogen and oxygen atoms in total. The molecule has 1 aromatic rings. The number of nitrogens with one attached hydrogen (secondary N) is 2. The van der Waals surface area contributed by atoms with Crippen molar-refractivity contribution in [2.75, 3.05) is 15.9 Å². The molecule has 7 heteroatoms. The van der Waals surface area contributed by atoms with Crippen molar-refractivity contribution in [2.45, 2.75) is 37.8 Å². The van der Waals surface area contributed by atoms with Gasteiger partial charge in [-0.3, -0.25) is 4.31 Å². The summed E-state index contributed by atoms with van der Waals surface area (Å²) in [5.74, 6) is 0. The van der Waals surface area contributed by atoms with E-state index < -0.39 is 10.0 Å². The molecule has 2 aliphatic carbocycles. The lowest BCUT2D eigenvalue weighted by Crippen LogP contribution is -2.34. The molecule has 1 aromatic carbocycles. The molecule has 114 valence electrons. The topological polar surface area (TPSA) is 78.5 Å². The van der Waals surface area contributed by atoms with E-state index in [1.165, 1.54) is 10.6 Å². The maximum atomic E-state index is 12.0. The summed E-state index contributed by atoms with van der Waals surface area (Å²) in [5.41, 5.74) is 1.06. The molecule has 2 aliphatic rings. The zero-order valence-electron chi connectivity index (χ0n) is 11.9. The van der Waals surface area contributed by atoms with Gasteiger partial charge in [0.05, 0.1) is 17.6 Å². The lowest BCUT2D eigenvalue weighted by atomic mass is 10.2. The summed E-state index contributed by atoms with van der Waals surface area (Å²) >= 11 is 0. The van der Waals surface area contributed by atoms with E-state index in [4.69, 9.17) is 0 Å². The average molecular weight is 309 g/mol. The maximum absolute atomic E-state index is 12.0. The van der Waals surface area contributed by atoms with Gasteiger partial charge in [0.2, 0.25) is 10.0 Å². The molecule has 0 aliphatic heterocycles. The van der Waals surface area contributed by atoms with Crippen LogP contribution < -0.4 is 14.9 Å². The number of rotatable bonds is 5. The fourth-order valence-electron chi connectivity index (χ4n) is 2.30. The van der Waals surface area contributed by atoms with E-state index in [2.05, 4.69) is 10.6 Å². The second-order valence-corrected chi connectivity index (χ2v) is 7.54. The SMILES string of the molecule is CS(=O)(=O)N(c1ccccc1NC(=O)NC1CC1)C1CC1. The van der Waals surface area contributed by atoms with Gasteiger partial charge in [-0.05, 0) is 37.8 Å². The molecular formula is C14H19N3O3S. The molecule has 0 atom stereocenters. The summed E-state index contributed by atoms with van der Waals surface area (Å²) in [4.78, 5) is 11.9. The zero-order valence-corrected chi connectivity index (χ0v) is 12.7. The molecule has 2 saturated carbocycles. The first-order valence-electron chi connectivity index (χ1n) is 7.11. The summed E-state index contributed by atoms with van der Waals surface area (Å²) < 4.78 is 25.5. The van der Waals surface area contributed by atoms with Gasteiger partial charge < -0.3 is 10.6 Å². The Morgan fingerprint density at radius 3 is 2.43 bits per heavy atom. The normalized spacial score (nSPS) is 18.1. The quantitative estimate of drug-likeness (QED) is 0.872. The van der Waals surface area contributed by atoms with Crippen molar-refractivity contribution < 1.29 is 13.2 Å². The van der Waals surface area contributed by atoms with E-state index in [1.54, 1.807) is 24.3 Å². The number of hydrogen-bond acceptors (Lipinski definition) is 3. The van der Waals surface area contributed by atoms with Crippen LogP contribution in [-0.4, -0.2) is 32.8 Å². The van der Waals surface area contributed by atoms with Crippen molar-refractivity contribution >= 4 is 27.4 Å². The Morgan fingerprint density at radius 2 is 1.86 bits per heavy atom. The van der Waals surface area contributed by atoms with Gasteiger partial charge in [-0.2, -0.15) is 0 Å². The Kier molecular flexibility index (Phi) is 3.52. The van der Waals surface area contributed by atoms with Gasteiger partial charge in [0.15, 0.2) is 0 Å². The zero-order chi connectivity index (χ0) is 15.0. The van der Waals surface area contributed by atoms with E-state index in [0.29, 0.717) is 11.4 Å². The number of carbonyl (C=O) groups is 1. The average Bonchev–Trinajstić information content (AvgIpc) is 3.24. The Labute approximate surface area is 124 Å². The van der Waals surface area contributed by atoms with Crippen molar-refractivity contribution in [1.82, 2.24) is 5.32 Å². The number of benzene rings is 1. The molecule has 2 fully saturated rings. The van der Waals surface area contributed by atoms with Crippen LogP contribution in [-0.2, 0) is 10.0 Å². The van der Waals surface area contributed by atoms with Crippen LogP contribution in [0.2, 0.25) is 0 Å². The summed E-state index contributed by atoms with van der Waals surface area (Å²) in [6.45, 7) is 0. The standard InChI is InChI=1S/C14H19N3O3S/c1-21(19,20)17(11-8-9-11)13-5-3-2-4-12(13)16-14(18)15-10-6-7-10/h2-5,10-11H,6-9H2,1H3,(H2,15,16,18). The van der Waals surface area contributed by atoms with Crippen LogP contribution in [0.3, 0.4) is 0 Å². The minimum atomic E-state index is -3.36. The van der Waals surface area contributed by atoms with Gasteiger partial charge in [0.25, 0.3) is 0 Å². The van der Waals surface area contributed by atoms with Gasteiger partial charge in [0, 0.05) is 12.1 Å². The molecule has 0 radical (unpaired) electrons. The Bertz CT molecular complexity index is 651. The third-order valence-corrected chi connectivity index (χ3v) is 4.75. The largest absolute Gasteiger partial charge is 0.335 e. The first kappa shape index (κ1) is 14.2. The molecule has 3 rings (SSSR count).